The third kappa shape index (κ3) is 6.71. The van der Waals surface area contributed by atoms with Crippen molar-refractivity contribution in [3.63, 3.8) is 0 Å². The van der Waals surface area contributed by atoms with Crippen molar-refractivity contribution in [3.8, 4) is 11.8 Å². The highest BCUT2D eigenvalue weighted by Gasteiger charge is 2.06. The van der Waals surface area contributed by atoms with Crippen LogP contribution in [0.15, 0.2) is 0 Å². The van der Waals surface area contributed by atoms with Crippen molar-refractivity contribution in [2.75, 3.05) is 0 Å². The van der Waals surface area contributed by atoms with Gasteiger partial charge in [0.05, 0.1) is 0 Å². The molecule has 14 heavy (non-hydrogen) atoms. The second kappa shape index (κ2) is 8.81. The number of carbonyl (C=O) groups excluding carboxylic acids is 1. The van der Waals surface area contributed by atoms with Gasteiger partial charge in [-0.05, 0) is 6.42 Å². The third-order valence-electron chi connectivity index (χ3n) is 2.49. The number of hydrogen-bond acceptors (Lipinski definition) is 1. The molecule has 2 atom stereocenters. The molecular weight excluding hydrogens is 172 g/mol. The zero-order valence-electron chi connectivity index (χ0n) is 9.68. The summed E-state index contributed by atoms with van der Waals surface area (Å²) in [5.41, 5.74) is 0. The predicted molar refractivity (Wildman–Crippen MR) is 60.9 cm³/mol. The van der Waals surface area contributed by atoms with E-state index < -0.39 is 0 Å². The Bertz CT molecular complexity index is 197. The van der Waals surface area contributed by atoms with Crippen molar-refractivity contribution in [1.82, 2.24) is 0 Å². The second-order valence-electron chi connectivity index (χ2n) is 3.92. The van der Waals surface area contributed by atoms with Gasteiger partial charge < -0.3 is 4.79 Å². The summed E-state index contributed by atoms with van der Waals surface area (Å²) >= 11 is 0. The van der Waals surface area contributed by atoms with Crippen LogP contribution in [0.3, 0.4) is 0 Å². The predicted octanol–water partition coefficient (Wildman–Crippen LogP) is 3.43. The van der Waals surface area contributed by atoms with E-state index in [0.717, 1.165) is 12.7 Å². The van der Waals surface area contributed by atoms with E-state index in [-0.39, 0.29) is 11.8 Å². The fraction of sp³-hybridized carbons (Fsp3) is 0.769. The van der Waals surface area contributed by atoms with Gasteiger partial charge in [-0.1, -0.05) is 46.0 Å². The quantitative estimate of drug-likeness (QED) is 0.359. The van der Waals surface area contributed by atoms with Gasteiger partial charge in [0, 0.05) is 18.3 Å². The molecule has 0 aromatic carbocycles. The van der Waals surface area contributed by atoms with E-state index in [1.165, 1.54) is 25.7 Å². The summed E-state index contributed by atoms with van der Waals surface area (Å²) in [4.78, 5) is 10.5. The van der Waals surface area contributed by atoms with Gasteiger partial charge in [-0.15, -0.1) is 5.92 Å². The summed E-state index contributed by atoms with van der Waals surface area (Å²) in [6.07, 6.45) is 7.02. The number of hydrogen-bond donors (Lipinski definition) is 0. The molecule has 0 aliphatic heterocycles. The lowest BCUT2D eigenvalue weighted by Gasteiger charge is -2.04. The van der Waals surface area contributed by atoms with Crippen LogP contribution in [0.5, 0.6) is 0 Å². The number of rotatable bonds is 6. The maximum Gasteiger partial charge on any atom is 0.124 e. The first-order chi connectivity index (χ1) is 6.72. The smallest absolute Gasteiger partial charge is 0.124 e. The zero-order chi connectivity index (χ0) is 10.8. The monoisotopic (exact) mass is 194 g/mol. The summed E-state index contributed by atoms with van der Waals surface area (Å²) in [7, 11) is 0. The van der Waals surface area contributed by atoms with Crippen LogP contribution in [0, 0.1) is 23.7 Å². The molecule has 1 heteroatoms. The van der Waals surface area contributed by atoms with E-state index in [1.54, 1.807) is 0 Å². The molecular formula is C13H22O. The largest absolute Gasteiger partial charge is 0.303 e. The molecule has 80 valence electrons. The number of carbonyl (C=O) groups is 1. The van der Waals surface area contributed by atoms with Crippen molar-refractivity contribution in [2.24, 2.45) is 11.8 Å². The van der Waals surface area contributed by atoms with Crippen molar-refractivity contribution < 1.29 is 4.79 Å². The maximum atomic E-state index is 10.5. The number of aldehydes is 1. The van der Waals surface area contributed by atoms with Gasteiger partial charge >= 0.3 is 0 Å². The maximum absolute atomic E-state index is 10.5. The van der Waals surface area contributed by atoms with E-state index in [4.69, 9.17) is 0 Å². The van der Waals surface area contributed by atoms with Crippen molar-refractivity contribution in [1.29, 1.82) is 0 Å². The summed E-state index contributed by atoms with van der Waals surface area (Å²) < 4.78 is 0. The van der Waals surface area contributed by atoms with Gasteiger partial charge in [-0.2, -0.15) is 0 Å². The van der Waals surface area contributed by atoms with E-state index in [9.17, 15) is 4.79 Å². The highest BCUT2D eigenvalue weighted by atomic mass is 16.1. The van der Waals surface area contributed by atoms with Crippen LogP contribution in [0.2, 0.25) is 0 Å². The minimum atomic E-state index is 0.0677. The molecule has 0 bridgehead atoms. The van der Waals surface area contributed by atoms with Crippen LogP contribution >= 0.6 is 0 Å². The van der Waals surface area contributed by atoms with Gasteiger partial charge in [0.2, 0.25) is 0 Å². The first kappa shape index (κ1) is 13.2. The van der Waals surface area contributed by atoms with Gasteiger partial charge in [0.15, 0.2) is 0 Å². The topological polar surface area (TPSA) is 17.1 Å². The Kier molecular flexibility index (Phi) is 8.33. The Balaban J connectivity index is 3.55. The normalized spacial score (nSPS) is 13.9. The number of unbranched alkanes of at least 4 members (excludes halogenated alkanes) is 4. The van der Waals surface area contributed by atoms with Gasteiger partial charge in [0.1, 0.15) is 6.29 Å². The third-order valence-corrected chi connectivity index (χ3v) is 2.49. The summed E-state index contributed by atoms with van der Waals surface area (Å²) in [5.74, 6) is 6.55. The second-order valence-corrected chi connectivity index (χ2v) is 3.92. The molecule has 0 aliphatic rings. The summed E-state index contributed by atoms with van der Waals surface area (Å²) in [5, 5.41) is 0. The molecule has 0 heterocycles. The molecule has 0 aromatic rings. The van der Waals surface area contributed by atoms with Crippen LogP contribution in [0.25, 0.3) is 0 Å². The standard InChI is InChI=1S/C13H22O/c1-4-5-6-7-8-9-10-12(2)13(3)11-14/h11-13H,4-8H2,1-3H3. The highest BCUT2D eigenvalue weighted by Crippen LogP contribution is 2.06. The average Bonchev–Trinajstić information content (AvgIpc) is 2.21. The lowest BCUT2D eigenvalue weighted by atomic mass is 9.98. The molecule has 0 N–H and O–H groups in total. The average molecular weight is 194 g/mol. The van der Waals surface area contributed by atoms with Crippen LogP contribution < -0.4 is 0 Å². The molecule has 0 saturated heterocycles. The molecule has 0 aliphatic carbocycles. The fourth-order valence-corrected chi connectivity index (χ4v) is 1.12. The van der Waals surface area contributed by atoms with E-state index in [1.807, 2.05) is 13.8 Å². The van der Waals surface area contributed by atoms with Crippen molar-refractivity contribution in [2.45, 2.75) is 52.9 Å². The Morgan fingerprint density at radius 1 is 1.21 bits per heavy atom. The van der Waals surface area contributed by atoms with Gasteiger partial charge in [-0.3, -0.25) is 0 Å². The molecule has 0 saturated carbocycles. The van der Waals surface area contributed by atoms with Crippen LogP contribution in [0.4, 0.5) is 0 Å². The minimum Gasteiger partial charge on any atom is -0.303 e. The van der Waals surface area contributed by atoms with E-state index in [2.05, 4.69) is 18.8 Å². The van der Waals surface area contributed by atoms with Gasteiger partial charge in [-0.25, -0.2) is 0 Å². The first-order valence-electron chi connectivity index (χ1n) is 5.66. The summed E-state index contributed by atoms with van der Waals surface area (Å²) in [6.45, 7) is 6.14. The molecule has 0 aromatic heterocycles. The molecule has 0 amide bonds. The Morgan fingerprint density at radius 2 is 1.93 bits per heavy atom. The Hall–Kier alpha value is -0.770. The minimum absolute atomic E-state index is 0.0677. The zero-order valence-corrected chi connectivity index (χ0v) is 9.68. The van der Waals surface area contributed by atoms with Crippen molar-refractivity contribution >= 4 is 6.29 Å². The SMILES string of the molecule is CCCCCCC#CC(C)C(C)C=O. The Labute approximate surface area is 88.3 Å². The van der Waals surface area contributed by atoms with E-state index >= 15 is 0 Å². The molecule has 0 rings (SSSR count). The molecule has 0 fully saturated rings. The molecule has 1 nitrogen and oxygen atoms in total. The lowest BCUT2D eigenvalue weighted by molar-refractivity contribution is -0.111. The highest BCUT2D eigenvalue weighted by molar-refractivity contribution is 5.54. The van der Waals surface area contributed by atoms with Crippen LogP contribution in [0.1, 0.15) is 52.9 Å². The first-order valence-corrected chi connectivity index (χ1v) is 5.66. The lowest BCUT2D eigenvalue weighted by Crippen LogP contribution is -2.06. The van der Waals surface area contributed by atoms with Gasteiger partial charge in [0.25, 0.3) is 0 Å². The molecule has 0 spiro atoms. The molecule has 0 radical (unpaired) electrons. The van der Waals surface area contributed by atoms with Crippen molar-refractivity contribution in [3.05, 3.63) is 0 Å². The van der Waals surface area contributed by atoms with E-state index in [0.29, 0.717) is 0 Å². The fourth-order valence-electron chi connectivity index (χ4n) is 1.12. The molecule has 2 unspecified atom stereocenters. The van der Waals surface area contributed by atoms with Crippen LogP contribution in [-0.4, -0.2) is 6.29 Å². The van der Waals surface area contributed by atoms with Crippen LogP contribution in [-0.2, 0) is 4.79 Å². The summed E-state index contributed by atoms with van der Waals surface area (Å²) in [6, 6.07) is 0. The Morgan fingerprint density at radius 3 is 2.50 bits per heavy atom.